The van der Waals surface area contributed by atoms with E-state index in [0.717, 1.165) is 5.56 Å². The molecule has 0 bridgehead atoms. The standard InChI is InChI=1S/C18H18F2N2O3/c1-2-24-16-10-13(5-7-15(16)25-18(19)20)6-8-17(23)22-12-14-4-3-9-21-11-14/h3-11,18H,2,12H2,1H3,(H,22,23)/b8-6+. The predicted octanol–water partition coefficient (Wildman–Crippen LogP) is 3.41. The molecule has 0 unspecified atom stereocenters. The van der Waals surface area contributed by atoms with Crippen molar-refractivity contribution in [2.75, 3.05) is 6.61 Å². The lowest BCUT2D eigenvalue weighted by atomic mass is 10.2. The van der Waals surface area contributed by atoms with Crippen LogP contribution in [0.25, 0.3) is 6.08 Å². The molecule has 0 aliphatic carbocycles. The Morgan fingerprint density at radius 2 is 2.16 bits per heavy atom. The van der Waals surface area contributed by atoms with Crippen molar-refractivity contribution in [2.24, 2.45) is 0 Å². The second-order valence-corrected chi connectivity index (χ2v) is 4.93. The number of ether oxygens (including phenoxy) is 2. The highest BCUT2D eigenvalue weighted by molar-refractivity contribution is 5.91. The summed E-state index contributed by atoms with van der Waals surface area (Å²) >= 11 is 0. The van der Waals surface area contributed by atoms with E-state index in [2.05, 4.69) is 15.0 Å². The van der Waals surface area contributed by atoms with Crippen molar-refractivity contribution in [1.82, 2.24) is 10.3 Å². The fourth-order valence-corrected chi connectivity index (χ4v) is 2.01. The molecule has 1 aromatic carbocycles. The van der Waals surface area contributed by atoms with Gasteiger partial charge < -0.3 is 14.8 Å². The first kappa shape index (κ1) is 18.4. The number of carbonyl (C=O) groups is 1. The van der Waals surface area contributed by atoms with Gasteiger partial charge in [0.1, 0.15) is 0 Å². The number of benzene rings is 1. The zero-order chi connectivity index (χ0) is 18.1. The Balaban J connectivity index is 1.99. The van der Waals surface area contributed by atoms with Gasteiger partial charge in [-0.25, -0.2) is 0 Å². The Bertz CT molecular complexity index is 722. The molecule has 2 rings (SSSR count). The topological polar surface area (TPSA) is 60.5 Å². The highest BCUT2D eigenvalue weighted by Gasteiger charge is 2.11. The first-order valence-corrected chi connectivity index (χ1v) is 7.65. The lowest BCUT2D eigenvalue weighted by molar-refractivity contribution is -0.116. The molecule has 1 amide bonds. The van der Waals surface area contributed by atoms with Crippen LogP contribution in [0.15, 0.2) is 48.8 Å². The van der Waals surface area contributed by atoms with Crippen LogP contribution in [0.4, 0.5) is 8.78 Å². The number of pyridine rings is 1. The minimum atomic E-state index is -2.93. The van der Waals surface area contributed by atoms with Gasteiger partial charge in [-0.05, 0) is 42.3 Å². The molecule has 132 valence electrons. The quantitative estimate of drug-likeness (QED) is 0.743. The molecule has 5 nitrogen and oxygen atoms in total. The van der Waals surface area contributed by atoms with E-state index in [1.807, 2.05) is 6.07 Å². The smallest absolute Gasteiger partial charge is 0.387 e. The number of nitrogens with one attached hydrogen (secondary N) is 1. The summed E-state index contributed by atoms with van der Waals surface area (Å²) in [5.41, 5.74) is 1.51. The maximum absolute atomic E-state index is 12.4. The highest BCUT2D eigenvalue weighted by atomic mass is 19.3. The van der Waals surface area contributed by atoms with E-state index in [0.29, 0.717) is 18.7 Å². The number of amides is 1. The first-order valence-electron chi connectivity index (χ1n) is 7.65. The van der Waals surface area contributed by atoms with Crippen LogP contribution in [0.3, 0.4) is 0 Å². The molecule has 0 fully saturated rings. The summed E-state index contributed by atoms with van der Waals surface area (Å²) in [6.07, 6.45) is 6.24. The van der Waals surface area contributed by atoms with Gasteiger partial charge in [0.2, 0.25) is 5.91 Å². The summed E-state index contributed by atoms with van der Waals surface area (Å²) in [5.74, 6) is -0.134. The van der Waals surface area contributed by atoms with E-state index in [1.165, 1.54) is 18.2 Å². The monoisotopic (exact) mass is 348 g/mol. The van der Waals surface area contributed by atoms with Gasteiger partial charge >= 0.3 is 6.61 Å². The number of hydrogen-bond donors (Lipinski definition) is 1. The van der Waals surface area contributed by atoms with E-state index < -0.39 is 6.61 Å². The van der Waals surface area contributed by atoms with Crippen LogP contribution in [0.5, 0.6) is 11.5 Å². The lowest BCUT2D eigenvalue weighted by Crippen LogP contribution is -2.20. The van der Waals surface area contributed by atoms with Gasteiger partial charge in [-0.15, -0.1) is 0 Å². The summed E-state index contributed by atoms with van der Waals surface area (Å²) in [5, 5.41) is 2.73. The fraction of sp³-hybridized carbons (Fsp3) is 0.222. The molecule has 1 N–H and O–H groups in total. The van der Waals surface area contributed by atoms with Crippen molar-refractivity contribution in [3.8, 4) is 11.5 Å². The lowest BCUT2D eigenvalue weighted by Gasteiger charge is -2.11. The summed E-state index contributed by atoms with van der Waals surface area (Å²) in [7, 11) is 0. The number of carbonyl (C=O) groups excluding carboxylic acids is 1. The van der Waals surface area contributed by atoms with Crippen LogP contribution >= 0.6 is 0 Å². The summed E-state index contributed by atoms with van der Waals surface area (Å²) in [6, 6.07) is 8.12. The maximum atomic E-state index is 12.4. The molecule has 0 aliphatic rings. The van der Waals surface area contributed by atoms with Crippen LogP contribution in [0, 0.1) is 0 Å². The third kappa shape index (κ3) is 6.21. The van der Waals surface area contributed by atoms with Crippen LogP contribution in [-0.4, -0.2) is 24.1 Å². The number of rotatable bonds is 8. The average molecular weight is 348 g/mol. The van der Waals surface area contributed by atoms with Gasteiger partial charge in [0, 0.05) is 25.0 Å². The predicted molar refractivity (Wildman–Crippen MR) is 89.4 cm³/mol. The maximum Gasteiger partial charge on any atom is 0.387 e. The van der Waals surface area contributed by atoms with Gasteiger partial charge in [-0.3, -0.25) is 9.78 Å². The second kappa shape index (κ2) is 9.36. The van der Waals surface area contributed by atoms with Crippen LogP contribution in [0.2, 0.25) is 0 Å². The van der Waals surface area contributed by atoms with Gasteiger partial charge in [0.15, 0.2) is 11.5 Å². The zero-order valence-corrected chi connectivity index (χ0v) is 13.6. The van der Waals surface area contributed by atoms with E-state index in [-0.39, 0.29) is 17.4 Å². The second-order valence-electron chi connectivity index (χ2n) is 4.93. The van der Waals surface area contributed by atoms with Crippen molar-refractivity contribution in [1.29, 1.82) is 0 Å². The largest absolute Gasteiger partial charge is 0.490 e. The van der Waals surface area contributed by atoms with Crippen molar-refractivity contribution < 1.29 is 23.0 Å². The van der Waals surface area contributed by atoms with Crippen molar-refractivity contribution in [2.45, 2.75) is 20.1 Å². The van der Waals surface area contributed by atoms with Gasteiger partial charge in [-0.2, -0.15) is 8.78 Å². The van der Waals surface area contributed by atoms with E-state index >= 15 is 0 Å². The minimum Gasteiger partial charge on any atom is -0.490 e. The molecule has 0 aliphatic heterocycles. The Hall–Kier alpha value is -2.96. The third-order valence-electron chi connectivity index (χ3n) is 3.10. The summed E-state index contributed by atoms with van der Waals surface area (Å²) in [4.78, 5) is 15.8. The fourth-order valence-electron chi connectivity index (χ4n) is 2.01. The summed E-state index contributed by atoms with van der Waals surface area (Å²) < 4.78 is 34.4. The van der Waals surface area contributed by atoms with Crippen molar-refractivity contribution in [3.05, 3.63) is 59.9 Å². The van der Waals surface area contributed by atoms with E-state index in [9.17, 15) is 13.6 Å². The normalized spacial score (nSPS) is 10.9. The Kier molecular flexibility index (Phi) is 6.88. The number of halogens is 2. The molecule has 25 heavy (non-hydrogen) atoms. The van der Waals surface area contributed by atoms with Gasteiger partial charge in [0.05, 0.1) is 6.61 Å². The molecule has 2 aromatic rings. The average Bonchev–Trinajstić information content (AvgIpc) is 2.61. The molecule has 7 heteroatoms. The molecule has 0 saturated heterocycles. The Morgan fingerprint density at radius 1 is 1.32 bits per heavy atom. The molecule has 0 atom stereocenters. The van der Waals surface area contributed by atoms with E-state index in [1.54, 1.807) is 37.5 Å². The number of nitrogens with zero attached hydrogens (tertiary/aromatic N) is 1. The molecule has 0 radical (unpaired) electrons. The van der Waals surface area contributed by atoms with Crippen LogP contribution in [0.1, 0.15) is 18.1 Å². The first-order chi connectivity index (χ1) is 12.1. The number of hydrogen-bond acceptors (Lipinski definition) is 4. The van der Waals surface area contributed by atoms with Gasteiger partial charge in [-0.1, -0.05) is 12.1 Å². The number of alkyl halides is 2. The molecule has 0 saturated carbocycles. The van der Waals surface area contributed by atoms with Gasteiger partial charge in [0.25, 0.3) is 0 Å². The Morgan fingerprint density at radius 3 is 2.84 bits per heavy atom. The molecular weight excluding hydrogens is 330 g/mol. The zero-order valence-electron chi connectivity index (χ0n) is 13.6. The highest BCUT2D eigenvalue weighted by Crippen LogP contribution is 2.30. The van der Waals surface area contributed by atoms with E-state index in [4.69, 9.17) is 4.74 Å². The number of aromatic nitrogens is 1. The van der Waals surface area contributed by atoms with Crippen molar-refractivity contribution in [3.63, 3.8) is 0 Å². The molecule has 1 heterocycles. The van der Waals surface area contributed by atoms with Crippen LogP contribution in [-0.2, 0) is 11.3 Å². The SMILES string of the molecule is CCOc1cc(/C=C/C(=O)NCc2cccnc2)ccc1OC(F)F. The molecule has 0 spiro atoms. The minimum absolute atomic E-state index is 0.0463. The van der Waals surface area contributed by atoms with Crippen LogP contribution < -0.4 is 14.8 Å². The molecule has 1 aromatic heterocycles. The summed E-state index contributed by atoms with van der Waals surface area (Å²) in [6.45, 7) is -0.528. The Labute approximate surface area is 144 Å². The molecular formula is C18H18F2N2O3. The third-order valence-corrected chi connectivity index (χ3v) is 3.10. The van der Waals surface area contributed by atoms with Crippen molar-refractivity contribution >= 4 is 12.0 Å².